The second-order valence-electron chi connectivity index (χ2n) is 7.56. The van der Waals surface area contributed by atoms with Gasteiger partial charge in [0.15, 0.2) is 6.61 Å². The van der Waals surface area contributed by atoms with Gasteiger partial charge in [-0.25, -0.2) is 0 Å². The highest BCUT2D eigenvalue weighted by Gasteiger charge is 2.25. The van der Waals surface area contributed by atoms with Crippen LogP contribution in [-0.4, -0.2) is 25.0 Å². The van der Waals surface area contributed by atoms with E-state index in [4.69, 9.17) is 16.3 Å². The van der Waals surface area contributed by atoms with Gasteiger partial charge in [-0.2, -0.15) is 0 Å². The summed E-state index contributed by atoms with van der Waals surface area (Å²) in [5, 5.41) is 3.47. The molecule has 0 radical (unpaired) electrons. The lowest BCUT2D eigenvalue weighted by atomic mass is 10.1. The first-order chi connectivity index (χ1) is 15.0. The van der Waals surface area contributed by atoms with Crippen LogP contribution in [0.4, 0.5) is 5.69 Å². The van der Waals surface area contributed by atoms with Crippen LogP contribution in [0.15, 0.2) is 66.7 Å². The number of nitrogens with one attached hydrogen (secondary N) is 1. The van der Waals surface area contributed by atoms with Crippen LogP contribution in [-0.2, 0) is 17.8 Å². The molecule has 0 fully saturated rings. The molecule has 6 heteroatoms. The maximum atomic E-state index is 13.0. The van der Waals surface area contributed by atoms with Crippen molar-refractivity contribution < 1.29 is 14.3 Å². The van der Waals surface area contributed by atoms with Crippen LogP contribution in [0.25, 0.3) is 0 Å². The largest absolute Gasteiger partial charge is 0.484 e. The van der Waals surface area contributed by atoms with Crippen molar-refractivity contribution in [2.75, 3.05) is 18.1 Å². The number of nitrogens with zero attached hydrogens (tertiary/aromatic N) is 1. The minimum atomic E-state index is -0.219. The van der Waals surface area contributed by atoms with E-state index in [1.165, 1.54) is 0 Å². The lowest BCUT2D eigenvalue weighted by molar-refractivity contribution is -0.123. The molecule has 1 aliphatic heterocycles. The molecular weight excluding hydrogens is 412 g/mol. The minimum Gasteiger partial charge on any atom is -0.484 e. The zero-order chi connectivity index (χ0) is 21.8. The number of amides is 2. The fourth-order valence-corrected chi connectivity index (χ4v) is 3.66. The maximum Gasteiger partial charge on any atom is 0.258 e. The summed E-state index contributed by atoms with van der Waals surface area (Å²) in [5.74, 6) is 0.363. The molecule has 0 aliphatic carbocycles. The van der Waals surface area contributed by atoms with E-state index < -0.39 is 0 Å². The van der Waals surface area contributed by atoms with E-state index in [0.29, 0.717) is 29.4 Å². The highest BCUT2D eigenvalue weighted by molar-refractivity contribution is 6.30. The molecule has 3 aromatic carbocycles. The summed E-state index contributed by atoms with van der Waals surface area (Å²) in [6, 6.07) is 20.5. The molecule has 4 rings (SSSR count). The van der Waals surface area contributed by atoms with Gasteiger partial charge in [-0.05, 0) is 66.9 Å². The number of anilines is 1. The molecular formula is C25H23ClN2O3. The van der Waals surface area contributed by atoms with Gasteiger partial charge in [0.1, 0.15) is 5.75 Å². The van der Waals surface area contributed by atoms with Gasteiger partial charge in [0.05, 0.1) is 0 Å². The lowest BCUT2D eigenvalue weighted by Gasteiger charge is -2.18. The number of aryl methyl sites for hydroxylation is 1. The highest BCUT2D eigenvalue weighted by atomic mass is 35.5. The topological polar surface area (TPSA) is 58.6 Å². The van der Waals surface area contributed by atoms with Crippen molar-refractivity contribution in [2.45, 2.75) is 19.9 Å². The normalized spacial score (nSPS) is 12.4. The predicted molar refractivity (Wildman–Crippen MR) is 122 cm³/mol. The van der Waals surface area contributed by atoms with Crippen LogP contribution in [0.1, 0.15) is 27.0 Å². The third-order valence-electron chi connectivity index (χ3n) is 5.26. The number of benzene rings is 3. The summed E-state index contributed by atoms with van der Waals surface area (Å²) in [6.07, 6.45) is 0.828. The van der Waals surface area contributed by atoms with Crippen molar-refractivity contribution in [3.8, 4) is 5.75 Å². The van der Waals surface area contributed by atoms with Gasteiger partial charge in [-0.15, -0.1) is 0 Å². The van der Waals surface area contributed by atoms with Gasteiger partial charge in [-0.1, -0.05) is 41.4 Å². The second-order valence-corrected chi connectivity index (χ2v) is 7.99. The van der Waals surface area contributed by atoms with Gasteiger partial charge < -0.3 is 15.0 Å². The zero-order valence-corrected chi connectivity index (χ0v) is 18.0. The molecule has 0 saturated heterocycles. The molecule has 5 nitrogen and oxygen atoms in total. The van der Waals surface area contributed by atoms with Crippen LogP contribution in [0, 0.1) is 6.92 Å². The van der Waals surface area contributed by atoms with Crippen LogP contribution in [0.5, 0.6) is 5.75 Å². The Morgan fingerprint density at radius 2 is 1.77 bits per heavy atom. The zero-order valence-electron chi connectivity index (χ0n) is 17.2. The predicted octanol–water partition coefficient (Wildman–Crippen LogP) is 4.55. The van der Waals surface area contributed by atoms with Crippen molar-refractivity contribution in [1.82, 2.24) is 5.32 Å². The van der Waals surface area contributed by atoms with Crippen molar-refractivity contribution in [2.24, 2.45) is 0 Å². The van der Waals surface area contributed by atoms with E-state index in [1.54, 1.807) is 24.3 Å². The minimum absolute atomic E-state index is 0.00343. The SMILES string of the molecule is Cc1ccc(C(=O)N2CCc3ccc(CNC(=O)COc4ccc(Cl)cc4)cc32)cc1. The number of carbonyl (C=O) groups excluding carboxylic acids is 2. The third kappa shape index (κ3) is 5.06. The summed E-state index contributed by atoms with van der Waals surface area (Å²) in [6.45, 7) is 2.94. The maximum absolute atomic E-state index is 13.0. The van der Waals surface area contributed by atoms with Gasteiger partial charge in [-0.3, -0.25) is 9.59 Å². The number of carbonyl (C=O) groups is 2. The van der Waals surface area contributed by atoms with Gasteiger partial charge in [0.25, 0.3) is 11.8 Å². The lowest BCUT2D eigenvalue weighted by Crippen LogP contribution is -2.29. The van der Waals surface area contributed by atoms with E-state index in [0.717, 1.165) is 28.8 Å². The van der Waals surface area contributed by atoms with E-state index >= 15 is 0 Å². The fourth-order valence-electron chi connectivity index (χ4n) is 3.53. The molecule has 2 amide bonds. The molecule has 31 heavy (non-hydrogen) atoms. The summed E-state index contributed by atoms with van der Waals surface area (Å²) in [5.41, 5.74) is 4.78. The van der Waals surface area contributed by atoms with E-state index in [1.807, 2.05) is 54.3 Å². The van der Waals surface area contributed by atoms with Gasteiger partial charge in [0, 0.05) is 29.4 Å². The first-order valence-electron chi connectivity index (χ1n) is 10.1. The van der Waals surface area contributed by atoms with Crippen LogP contribution in [0.3, 0.4) is 0 Å². The molecule has 0 spiro atoms. The smallest absolute Gasteiger partial charge is 0.258 e. The Hall–Kier alpha value is -3.31. The molecule has 0 unspecified atom stereocenters. The first kappa shape index (κ1) is 20.9. The molecule has 1 N–H and O–H groups in total. The van der Waals surface area contributed by atoms with Gasteiger partial charge in [0.2, 0.25) is 0 Å². The molecule has 0 saturated carbocycles. The Morgan fingerprint density at radius 3 is 2.52 bits per heavy atom. The summed E-state index contributed by atoms with van der Waals surface area (Å²) >= 11 is 5.84. The van der Waals surface area contributed by atoms with Crippen LogP contribution >= 0.6 is 11.6 Å². The Bertz CT molecular complexity index is 1090. The summed E-state index contributed by atoms with van der Waals surface area (Å²) in [4.78, 5) is 26.9. The molecule has 3 aromatic rings. The molecule has 0 atom stereocenters. The number of fused-ring (bicyclic) bond motifs is 1. The Labute approximate surface area is 186 Å². The average molecular weight is 435 g/mol. The quantitative estimate of drug-likeness (QED) is 0.619. The molecule has 0 bridgehead atoms. The monoisotopic (exact) mass is 434 g/mol. The third-order valence-corrected chi connectivity index (χ3v) is 5.51. The Kier molecular flexibility index (Phi) is 6.23. The van der Waals surface area contributed by atoms with Crippen molar-refractivity contribution in [3.63, 3.8) is 0 Å². The van der Waals surface area contributed by atoms with E-state index in [2.05, 4.69) is 5.32 Å². The van der Waals surface area contributed by atoms with Gasteiger partial charge >= 0.3 is 0 Å². The fraction of sp³-hybridized carbons (Fsp3) is 0.200. The molecule has 0 aromatic heterocycles. The van der Waals surface area contributed by atoms with Crippen LogP contribution < -0.4 is 15.0 Å². The molecule has 1 aliphatic rings. The van der Waals surface area contributed by atoms with E-state index in [9.17, 15) is 9.59 Å². The number of hydrogen-bond acceptors (Lipinski definition) is 3. The van der Waals surface area contributed by atoms with Crippen LogP contribution in [0.2, 0.25) is 5.02 Å². The number of halogens is 1. The average Bonchev–Trinajstić information content (AvgIpc) is 3.20. The standard InChI is InChI=1S/C25H23ClN2O3/c1-17-2-5-20(6-3-17)25(30)28-13-12-19-7-4-18(14-23(19)28)15-27-24(29)16-31-22-10-8-21(26)9-11-22/h2-11,14H,12-13,15-16H2,1H3,(H,27,29). The van der Waals surface area contributed by atoms with Crippen molar-refractivity contribution in [3.05, 3.63) is 94.0 Å². The Morgan fingerprint density at radius 1 is 1.03 bits per heavy atom. The number of hydrogen-bond donors (Lipinski definition) is 1. The molecule has 1 heterocycles. The number of rotatable bonds is 6. The highest BCUT2D eigenvalue weighted by Crippen LogP contribution is 2.30. The first-order valence-corrected chi connectivity index (χ1v) is 10.5. The van der Waals surface area contributed by atoms with Crippen molar-refractivity contribution >= 4 is 29.1 Å². The Balaban J connectivity index is 1.37. The number of ether oxygens (including phenoxy) is 1. The summed E-state index contributed by atoms with van der Waals surface area (Å²) in [7, 11) is 0. The summed E-state index contributed by atoms with van der Waals surface area (Å²) < 4.78 is 5.47. The van der Waals surface area contributed by atoms with Crippen molar-refractivity contribution in [1.29, 1.82) is 0 Å². The van der Waals surface area contributed by atoms with E-state index in [-0.39, 0.29) is 18.4 Å². The second kappa shape index (κ2) is 9.23. The molecule has 158 valence electrons.